The van der Waals surface area contributed by atoms with Crippen LogP contribution in [0.2, 0.25) is 0 Å². The van der Waals surface area contributed by atoms with Crippen LogP contribution in [-0.2, 0) is 27.2 Å². The topological polar surface area (TPSA) is 95.1 Å². The quantitative estimate of drug-likeness (QED) is 0.184. The molecule has 0 aliphatic carbocycles. The highest BCUT2D eigenvalue weighted by molar-refractivity contribution is 8.76. The van der Waals surface area contributed by atoms with Gasteiger partial charge in [0, 0.05) is 23.6 Å². The predicted molar refractivity (Wildman–Crippen MR) is 112 cm³/mol. The summed E-state index contributed by atoms with van der Waals surface area (Å²) in [5, 5.41) is 5.86. The van der Waals surface area contributed by atoms with Crippen LogP contribution < -0.4 is 10.2 Å². The standard InChI is InChI=1S/C14H34N2O6P2S2/c1-7-19-23(17,20-8-2)15-13(5)11-25-26-12-14(6)16-24(18,21-9-3)22-10-4/h13-14H,7-12H2,1-6H3,(H,15,17)(H,16,18). The first-order valence-electron chi connectivity index (χ1n) is 8.82. The highest BCUT2D eigenvalue weighted by Crippen LogP contribution is 2.45. The maximum absolute atomic E-state index is 12.4. The molecule has 0 aromatic carbocycles. The molecule has 0 rings (SSSR count). The molecule has 0 amide bonds. The minimum absolute atomic E-state index is 0.0438. The van der Waals surface area contributed by atoms with Crippen molar-refractivity contribution in [1.82, 2.24) is 10.2 Å². The summed E-state index contributed by atoms with van der Waals surface area (Å²) in [7, 11) is -3.22. The van der Waals surface area contributed by atoms with Gasteiger partial charge in [0.25, 0.3) is 0 Å². The molecule has 8 nitrogen and oxygen atoms in total. The van der Waals surface area contributed by atoms with E-state index in [1.807, 2.05) is 13.8 Å². The zero-order chi connectivity index (χ0) is 20.1. The van der Waals surface area contributed by atoms with Crippen molar-refractivity contribution in [3.8, 4) is 0 Å². The third-order valence-corrected chi connectivity index (χ3v) is 9.33. The molecular formula is C14H34N2O6P2S2. The van der Waals surface area contributed by atoms with E-state index in [4.69, 9.17) is 18.1 Å². The van der Waals surface area contributed by atoms with E-state index in [9.17, 15) is 9.13 Å². The van der Waals surface area contributed by atoms with E-state index in [1.165, 1.54) is 0 Å². The second-order valence-electron chi connectivity index (χ2n) is 5.30. The molecule has 0 saturated carbocycles. The third kappa shape index (κ3) is 12.4. The first-order chi connectivity index (χ1) is 12.2. The Morgan fingerprint density at radius 2 is 0.962 bits per heavy atom. The monoisotopic (exact) mass is 452 g/mol. The van der Waals surface area contributed by atoms with Crippen LogP contribution in [-0.4, -0.2) is 50.0 Å². The van der Waals surface area contributed by atoms with Gasteiger partial charge in [-0.1, -0.05) is 21.6 Å². The molecule has 0 bridgehead atoms. The Balaban J connectivity index is 4.20. The maximum atomic E-state index is 12.4. The fraction of sp³-hybridized carbons (Fsp3) is 1.00. The number of hydrogen-bond donors (Lipinski definition) is 2. The van der Waals surface area contributed by atoms with E-state index >= 15 is 0 Å². The van der Waals surface area contributed by atoms with Gasteiger partial charge >= 0.3 is 15.5 Å². The maximum Gasteiger partial charge on any atom is 0.405 e. The minimum Gasteiger partial charge on any atom is -0.297 e. The van der Waals surface area contributed by atoms with Crippen molar-refractivity contribution in [1.29, 1.82) is 0 Å². The molecule has 0 aromatic heterocycles. The fourth-order valence-corrected chi connectivity index (χ4v) is 7.70. The molecule has 0 fully saturated rings. The summed E-state index contributed by atoms with van der Waals surface area (Å²) >= 11 is 0. The van der Waals surface area contributed by atoms with Crippen molar-refractivity contribution in [2.75, 3.05) is 37.9 Å². The third-order valence-electron chi connectivity index (χ3n) is 2.67. The predicted octanol–water partition coefficient (Wildman–Crippen LogP) is 4.69. The van der Waals surface area contributed by atoms with E-state index in [0.29, 0.717) is 26.4 Å². The van der Waals surface area contributed by atoms with Gasteiger partial charge in [0.2, 0.25) is 0 Å². The molecule has 0 aromatic rings. The van der Waals surface area contributed by atoms with E-state index in [0.717, 1.165) is 11.5 Å². The van der Waals surface area contributed by atoms with Crippen LogP contribution in [0.3, 0.4) is 0 Å². The number of hydrogen-bond acceptors (Lipinski definition) is 8. The molecule has 0 spiro atoms. The van der Waals surface area contributed by atoms with Gasteiger partial charge in [-0.3, -0.25) is 18.1 Å². The highest BCUT2D eigenvalue weighted by atomic mass is 33.1. The van der Waals surface area contributed by atoms with Gasteiger partial charge in [-0.2, -0.15) is 0 Å². The van der Waals surface area contributed by atoms with Gasteiger partial charge in [0.1, 0.15) is 0 Å². The van der Waals surface area contributed by atoms with Crippen molar-refractivity contribution in [2.24, 2.45) is 0 Å². The molecule has 0 aliphatic heterocycles. The molecule has 12 heteroatoms. The van der Waals surface area contributed by atoms with E-state index in [1.54, 1.807) is 49.3 Å². The SMILES string of the molecule is CCOP(=O)(NC(C)CSSCC(C)NP(=O)(OCC)OCC)OCC. The van der Waals surface area contributed by atoms with E-state index < -0.39 is 15.5 Å². The van der Waals surface area contributed by atoms with Gasteiger partial charge < -0.3 is 0 Å². The van der Waals surface area contributed by atoms with Crippen LogP contribution in [0.1, 0.15) is 41.5 Å². The van der Waals surface area contributed by atoms with Crippen molar-refractivity contribution < 1.29 is 27.2 Å². The average Bonchev–Trinajstić information content (AvgIpc) is 2.52. The van der Waals surface area contributed by atoms with Crippen LogP contribution in [0.25, 0.3) is 0 Å². The normalized spacial score (nSPS) is 15.2. The van der Waals surface area contributed by atoms with Crippen LogP contribution in [0.5, 0.6) is 0 Å². The van der Waals surface area contributed by atoms with Crippen LogP contribution in [0.4, 0.5) is 0 Å². The zero-order valence-electron chi connectivity index (χ0n) is 16.6. The Morgan fingerprint density at radius 3 is 1.19 bits per heavy atom. The van der Waals surface area contributed by atoms with Gasteiger partial charge in [-0.15, -0.1) is 0 Å². The molecule has 2 atom stereocenters. The summed E-state index contributed by atoms with van der Waals surface area (Å²) in [5.41, 5.74) is 0. The second-order valence-corrected chi connectivity index (χ2v) is 11.4. The highest BCUT2D eigenvalue weighted by Gasteiger charge is 2.27. The van der Waals surface area contributed by atoms with E-state index in [-0.39, 0.29) is 12.1 Å². The molecule has 2 N–H and O–H groups in total. The zero-order valence-corrected chi connectivity index (χ0v) is 20.0. The average molecular weight is 453 g/mol. The van der Waals surface area contributed by atoms with Crippen LogP contribution in [0, 0.1) is 0 Å². The summed E-state index contributed by atoms with van der Waals surface area (Å²) in [6.07, 6.45) is 0. The Labute approximate surface area is 166 Å². The molecular weight excluding hydrogens is 418 g/mol. The summed E-state index contributed by atoms with van der Waals surface area (Å²) in [5.74, 6) is 1.44. The minimum atomic E-state index is -3.24. The van der Waals surface area contributed by atoms with Gasteiger partial charge in [-0.25, -0.2) is 19.3 Å². The Bertz CT molecular complexity index is 401. The molecule has 26 heavy (non-hydrogen) atoms. The van der Waals surface area contributed by atoms with Crippen molar-refractivity contribution >= 4 is 37.1 Å². The fourth-order valence-electron chi connectivity index (χ4n) is 1.82. The summed E-state index contributed by atoms with van der Waals surface area (Å²) in [6.45, 7) is 12.3. The molecule has 0 heterocycles. The lowest BCUT2D eigenvalue weighted by Crippen LogP contribution is -2.28. The lowest BCUT2D eigenvalue weighted by molar-refractivity contribution is 0.207. The van der Waals surface area contributed by atoms with Gasteiger partial charge in [-0.05, 0) is 41.5 Å². The number of nitrogens with one attached hydrogen (secondary N) is 2. The largest absolute Gasteiger partial charge is 0.405 e. The molecule has 0 saturated heterocycles. The van der Waals surface area contributed by atoms with Gasteiger partial charge in [0.05, 0.1) is 26.4 Å². The summed E-state index contributed by atoms with van der Waals surface area (Å²) < 4.78 is 45.7. The Hall–Kier alpha value is 0.920. The second kappa shape index (κ2) is 14.9. The lowest BCUT2D eigenvalue weighted by atomic mass is 10.4. The van der Waals surface area contributed by atoms with E-state index in [2.05, 4.69) is 10.2 Å². The first kappa shape index (κ1) is 26.9. The summed E-state index contributed by atoms with van der Waals surface area (Å²) in [4.78, 5) is 0. The Kier molecular flexibility index (Phi) is 15.4. The molecule has 158 valence electrons. The number of rotatable bonds is 17. The van der Waals surface area contributed by atoms with Crippen LogP contribution in [0.15, 0.2) is 0 Å². The smallest absolute Gasteiger partial charge is 0.297 e. The van der Waals surface area contributed by atoms with Crippen molar-refractivity contribution in [3.63, 3.8) is 0 Å². The molecule has 2 unspecified atom stereocenters. The summed E-state index contributed by atoms with van der Waals surface area (Å²) in [6, 6.07) is -0.0877. The first-order valence-corrected chi connectivity index (χ1v) is 14.4. The van der Waals surface area contributed by atoms with Crippen molar-refractivity contribution in [3.05, 3.63) is 0 Å². The van der Waals surface area contributed by atoms with Crippen LogP contribution >= 0.6 is 37.1 Å². The van der Waals surface area contributed by atoms with Crippen molar-refractivity contribution in [2.45, 2.75) is 53.6 Å². The lowest BCUT2D eigenvalue weighted by Gasteiger charge is -2.23. The van der Waals surface area contributed by atoms with Gasteiger partial charge in [0.15, 0.2) is 0 Å². The molecule has 0 radical (unpaired) electrons. The Morgan fingerprint density at radius 1 is 0.692 bits per heavy atom. The molecule has 0 aliphatic rings.